The first-order valence-electron chi connectivity index (χ1n) is 12.9. The quantitative estimate of drug-likeness (QED) is 0.549. The van der Waals surface area contributed by atoms with Crippen LogP contribution in [-0.2, 0) is 4.79 Å². The SMILES string of the molecule is CCOc1cc(C(=O)NCC(c2ccco2)N2CCCCC2)ccc1OCC(=O)N1CCCCC1. The summed E-state index contributed by atoms with van der Waals surface area (Å²) in [7, 11) is 0. The summed E-state index contributed by atoms with van der Waals surface area (Å²) in [6.07, 6.45) is 8.48. The highest BCUT2D eigenvalue weighted by molar-refractivity contribution is 5.95. The number of benzene rings is 1. The van der Waals surface area contributed by atoms with Crippen LogP contribution in [0.5, 0.6) is 11.5 Å². The molecular formula is C27H37N3O5. The second-order valence-corrected chi connectivity index (χ2v) is 9.16. The average Bonchev–Trinajstić information content (AvgIpc) is 3.44. The van der Waals surface area contributed by atoms with Gasteiger partial charge in [-0.25, -0.2) is 0 Å². The van der Waals surface area contributed by atoms with Gasteiger partial charge in [-0.05, 0) is 82.4 Å². The predicted molar refractivity (Wildman–Crippen MR) is 133 cm³/mol. The molecule has 35 heavy (non-hydrogen) atoms. The third kappa shape index (κ3) is 6.78. The lowest BCUT2D eigenvalue weighted by Gasteiger charge is -2.33. The van der Waals surface area contributed by atoms with E-state index in [0.717, 1.165) is 57.6 Å². The summed E-state index contributed by atoms with van der Waals surface area (Å²) in [5.41, 5.74) is 0.486. The van der Waals surface area contributed by atoms with E-state index in [2.05, 4.69) is 10.2 Å². The maximum absolute atomic E-state index is 13.0. The highest BCUT2D eigenvalue weighted by Crippen LogP contribution is 2.29. The fourth-order valence-electron chi connectivity index (χ4n) is 4.82. The van der Waals surface area contributed by atoms with Gasteiger partial charge < -0.3 is 24.1 Å². The van der Waals surface area contributed by atoms with Crippen molar-refractivity contribution in [2.24, 2.45) is 0 Å². The number of hydrogen-bond donors (Lipinski definition) is 1. The number of rotatable bonds is 10. The van der Waals surface area contributed by atoms with E-state index in [1.807, 2.05) is 24.0 Å². The Kier molecular flexibility index (Phi) is 9.06. The van der Waals surface area contributed by atoms with E-state index < -0.39 is 0 Å². The molecule has 0 saturated carbocycles. The molecule has 0 bridgehead atoms. The molecule has 2 fully saturated rings. The van der Waals surface area contributed by atoms with Gasteiger partial charge in [0.25, 0.3) is 11.8 Å². The highest BCUT2D eigenvalue weighted by Gasteiger charge is 2.25. The van der Waals surface area contributed by atoms with Crippen molar-refractivity contribution < 1.29 is 23.5 Å². The van der Waals surface area contributed by atoms with Crippen molar-refractivity contribution in [2.45, 2.75) is 51.5 Å². The molecule has 8 heteroatoms. The van der Waals surface area contributed by atoms with Crippen LogP contribution in [0.1, 0.15) is 67.6 Å². The number of carbonyl (C=O) groups is 2. The monoisotopic (exact) mass is 483 g/mol. The number of carbonyl (C=O) groups excluding carboxylic acids is 2. The number of piperidine rings is 2. The Morgan fingerprint density at radius 2 is 1.71 bits per heavy atom. The first-order valence-corrected chi connectivity index (χ1v) is 12.9. The number of ether oxygens (including phenoxy) is 2. The van der Waals surface area contributed by atoms with Gasteiger partial charge in [-0.15, -0.1) is 0 Å². The Labute approximate surface area is 207 Å². The normalized spacial score (nSPS) is 17.6. The lowest BCUT2D eigenvalue weighted by molar-refractivity contribution is -0.134. The Hall–Kier alpha value is -3.00. The van der Waals surface area contributed by atoms with Gasteiger partial charge in [0.2, 0.25) is 0 Å². The summed E-state index contributed by atoms with van der Waals surface area (Å²) in [6, 6.07) is 8.96. The Bertz CT molecular complexity index is 950. The molecule has 190 valence electrons. The van der Waals surface area contributed by atoms with Crippen LogP contribution in [0.15, 0.2) is 41.0 Å². The van der Waals surface area contributed by atoms with Crippen LogP contribution in [0.2, 0.25) is 0 Å². The van der Waals surface area contributed by atoms with Gasteiger partial charge in [-0.3, -0.25) is 14.5 Å². The first-order chi connectivity index (χ1) is 17.2. The van der Waals surface area contributed by atoms with Crippen molar-refractivity contribution in [3.05, 3.63) is 47.9 Å². The van der Waals surface area contributed by atoms with E-state index in [4.69, 9.17) is 13.9 Å². The summed E-state index contributed by atoms with van der Waals surface area (Å²) >= 11 is 0. The van der Waals surface area contributed by atoms with Crippen molar-refractivity contribution >= 4 is 11.8 Å². The molecule has 2 saturated heterocycles. The molecule has 3 heterocycles. The van der Waals surface area contributed by atoms with E-state index in [0.29, 0.717) is 30.2 Å². The smallest absolute Gasteiger partial charge is 0.260 e. The van der Waals surface area contributed by atoms with Gasteiger partial charge in [0, 0.05) is 25.2 Å². The molecule has 2 aliphatic heterocycles. The summed E-state index contributed by atoms with van der Waals surface area (Å²) in [5, 5.41) is 3.07. The van der Waals surface area contributed by atoms with E-state index in [1.165, 1.54) is 12.8 Å². The lowest BCUT2D eigenvalue weighted by atomic mass is 10.1. The number of hydrogen-bond acceptors (Lipinski definition) is 6. The van der Waals surface area contributed by atoms with Crippen LogP contribution in [0.3, 0.4) is 0 Å². The zero-order chi connectivity index (χ0) is 24.5. The van der Waals surface area contributed by atoms with Crippen LogP contribution >= 0.6 is 0 Å². The van der Waals surface area contributed by atoms with Gasteiger partial charge >= 0.3 is 0 Å². The van der Waals surface area contributed by atoms with Crippen molar-refractivity contribution in [1.82, 2.24) is 15.1 Å². The second kappa shape index (κ2) is 12.6. The molecule has 1 unspecified atom stereocenters. The lowest BCUT2D eigenvalue weighted by Crippen LogP contribution is -2.40. The van der Waals surface area contributed by atoms with Gasteiger partial charge in [-0.2, -0.15) is 0 Å². The fourth-order valence-corrected chi connectivity index (χ4v) is 4.82. The number of amides is 2. The minimum Gasteiger partial charge on any atom is -0.490 e. The number of furan rings is 1. The Morgan fingerprint density at radius 1 is 0.971 bits per heavy atom. The molecule has 1 aromatic heterocycles. The van der Waals surface area contributed by atoms with Gasteiger partial charge in [0.15, 0.2) is 18.1 Å². The van der Waals surface area contributed by atoms with Gasteiger partial charge in [0.1, 0.15) is 5.76 Å². The molecule has 1 atom stereocenters. The molecule has 2 aromatic rings. The first kappa shape index (κ1) is 25.1. The minimum absolute atomic E-state index is 0.00372. The number of nitrogens with zero attached hydrogens (tertiary/aromatic N) is 2. The molecule has 4 rings (SSSR count). The Morgan fingerprint density at radius 3 is 2.40 bits per heavy atom. The maximum atomic E-state index is 13.0. The predicted octanol–water partition coefficient (Wildman–Crippen LogP) is 4.03. The molecule has 1 aromatic carbocycles. The molecule has 1 N–H and O–H groups in total. The molecule has 2 aliphatic rings. The van der Waals surface area contributed by atoms with E-state index in [9.17, 15) is 9.59 Å². The Balaban J connectivity index is 1.38. The summed E-state index contributed by atoms with van der Waals surface area (Å²) < 4.78 is 17.2. The molecule has 2 amide bonds. The van der Waals surface area contributed by atoms with Crippen molar-refractivity contribution in [2.75, 3.05) is 45.9 Å². The minimum atomic E-state index is -0.185. The maximum Gasteiger partial charge on any atom is 0.260 e. The van der Waals surface area contributed by atoms with E-state index in [-0.39, 0.29) is 24.5 Å². The molecule has 0 radical (unpaired) electrons. The molecule has 8 nitrogen and oxygen atoms in total. The fraction of sp³-hybridized carbons (Fsp3) is 0.556. The van der Waals surface area contributed by atoms with Crippen LogP contribution in [-0.4, -0.2) is 67.6 Å². The highest BCUT2D eigenvalue weighted by atomic mass is 16.5. The third-order valence-corrected chi connectivity index (χ3v) is 6.72. The largest absolute Gasteiger partial charge is 0.490 e. The van der Waals surface area contributed by atoms with Crippen LogP contribution < -0.4 is 14.8 Å². The summed E-state index contributed by atoms with van der Waals surface area (Å²) in [5.74, 6) is 1.59. The summed E-state index contributed by atoms with van der Waals surface area (Å²) in [6.45, 7) is 6.30. The zero-order valence-electron chi connectivity index (χ0n) is 20.7. The van der Waals surface area contributed by atoms with Crippen LogP contribution in [0.4, 0.5) is 0 Å². The van der Waals surface area contributed by atoms with Gasteiger partial charge in [0.05, 0.1) is 18.9 Å². The molecular weight excluding hydrogens is 446 g/mol. The molecule has 0 spiro atoms. The summed E-state index contributed by atoms with van der Waals surface area (Å²) in [4.78, 5) is 29.7. The number of likely N-dealkylation sites (tertiary alicyclic amines) is 2. The molecule has 0 aliphatic carbocycles. The van der Waals surface area contributed by atoms with Crippen molar-refractivity contribution in [3.63, 3.8) is 0 Å². The van der Waals surface area contributed by atoms with E-state index in [1.54, 1.807) is 24.5 Å². The standard InChI is InChI=1S/C27H37N3O5/c1-2-33-25-18-21(11-12-24(25)35-20-26(31)30-15-7-4-8-16-30)27(32)28-19-22(23-10-9-17-34-23)29-13-5-3-6-14-29/h9-12,17-18,22H,2-8,13-16,19-20H2,1H3,(H,28,32). The number of nitrogens with one attached hydrogen (secondary N) is 1. The van der Waals surface area contributed by atoms with Crippen LogP contribution in [0.25, 0.3) is 0 Å². The zero-order valence-corrected chi connectivity index (χ0v) is 20.7. The van der Waals surface area contributed by atoms with Crippen LogP contribution in [0, 0.1) is 0 Å². The third-order valence-electron chi connectivity index (χ3n) is 6.72. The average molecular weight is 484 g/mol. The van der Waals surface area contributed by atoms with Crippen molar-refractivity contribution in [3.8, 4) is 11.5 Å². The topological polar surface area (TPSA) is 84.2 Å². The van der Waals surface area contributed by atoms with Gasteiger partial charge in [-0.1, -0.05) is 6.42 Å². The second-order valence-electron chi connectivity index (χ2n) is 9.16. The van der Waals surface area contributed by atoms with E-state index >= 15 is 0 Å². The van der Waals surface area contributed by atoms with Crippen molar-refractivity contribution in [1.29, 1.82) is 0 Å².